The Labute approximate surface area is 196 Å². The largest absolute Gasteiger partial charge is 0.493 e. The second kappa shape index (κ2) is 10.6. The average molecular weight is 462 g/mol. The maximum atomic E-state index is 12.4. The van der Waals surface area contributed by atoms with E-state index in [4.69, 9.17) is 14.2 Å². The molecule has 4 aromatic rings. The molecule has 168 valence electrons. The summed E-state index contributed by atoms with van der Waals surface area (Å²) in [5, 5.41) is 12.4. The van der Waals surface area contributed by atoms with Crippen molar-refractivity contribution in [2.75, 3.05) is 19.5 Å². The second-order valence-corrected chi connectivity index (χ2v) is 8.21. The van der Waals surface area contributed by atoms with Gasteiger partial charge in [0.25, 0.3) is 0 Å². The number of para-hydroxylation sites is 1. The van der Waals surface area contributed by atoms with Gasteiger partial charge in [-0.25, -0.2) is 0 Å². The molecule has 0 fully saturated rings. The summed E-state index contributed by atoms with van der Waals surface area (Å²) in [5.41, 5.74) is 1.89. The number of carbonyl (C=O) groups is 1. The molecule has 0 saturated heterocycles. The number of carbonyl (C=O) groups excluding carboxylic acids is 1. The monoisotopic (exact) mass is 461 g/mol. The fourth-order valence-electron chi connectivity index (χ4n) is 3.19. The molecule has 0 bridgehead atoms. The number of amides is 1. The summed E-state index contributed by atoms with van der Waals surface area (Å²) in [6, 6.07) is 22.7. The van der Waals surface area contributed by atoms with E-state index in [1.54, 1.807) is 14.2 Å². The van der Waals surface area contributed by atoms with Crippen LogP contribution < -0.4 is 19.5 Å². The minimum absolute atomic E-state index is 0.152. The molecule has 0 atom stereocenters. The van der Waals surface area contributed by atoms with Gasteiger partial charge in [0.2, 0.25) is 11.0 Å². The minimum Gasteiger partial charge on any atom is -0.493 e. The van der Waals surface area contributed by atoms with Gasteiger partial charge in [-0.1, -0.05) is 47.7 Å². The molecule has 33 heavy (non-hydrogen) atoms. The number of hydrogen-bond acceptors (Lipinski definition) is 7. The zero-order valence-electron chi connectivity index (χ0n) is 18.3. The Hall–Kier alpha value is -3.91. The minimum atomic E-state index is -0.152. The standard InChI is InChI=1S/C25H23N3O4S/c1-30-21-13-10-18(14-22(21)31-2)16-24-27-28-25(33-24)26-23(29)15-17-8-11-20(12-9-17)32-19-6-4-3-5-7-19/h3-14H,15-16H2,1-2H3,(H,26,28,29). The Morgan fingerprint density at radius 2 is 1.55 bits per heavy atom. The maximum Gasteiger partial charge on any atom is 0.230 e. The molecule has 1 heterocycles. The van der Waals surface area contributed by atoms with E-state index in [1.807, 2.05) is 72.8 Å². The Morgan fingerprint density at radius 1 is 0.848 bits per heavy atom. The first-order valence-electron chi connectivity index (χ1n) is 10.3. The number of methoxy groups -OCH3 is 2. The summed E-state index contributed by atoms with van der Waals surface area (Å²) in [4.78, 5) is 12.4. The van der Waals surface area contributed by atoms with Crippen molar-refractivity contribution in [3.63, 3.8) is 0 Å². The first-order chi connectivity index (χ1) is 16.1. The molecule has 7 nitrogen and oxygen atoms in total. The van der Waals surface area contributed by atoms with Gasteiger partial charge < -0.3 is 19.5 Å². The van der Waals surface area contributed by atoms with Crippen molar-refractivity contribution in [1.29, 1.82) is 0 Å². The highest BCUT2D eigenvalue weighted by Crippen LogP contribution is 2.29. The summed E-state index contributed by atoms with van der Waals surface area (Å²) in [7, 11) is 3.20. The number of hydrogen-bond donors (Lipinski definition) is 1. The van der Waals surface area contributed by atoms with Crippen LogP contribution in [0.2, 0.25) is 0 Å². The van der Waals surface area contributed by atoms with Crippen molar-refractivity contribution < 1.29 is 19.0 Å². The maximum absolute atomic E-state index is 12.4. The molecule has 1 N–H and O–H groups in total. The van der Waals surface area contributed by atoms with Crippen LogP contribution in [0.1, 0.15) is 16.1 Å². The zero-order chi connectivity index (χ0) is 23.0. The molecule has 0 aliphatic carbocycles. The van der Waals surface area contributed by atoms with Crippen molar-refractivity contribution >= 4 is 22.4 Å². The van der Waals surface area contributed by atoms with Crippen LogP contribution in [0, 0.1) is 0 Å². The van der Waals surface area contributed by atoms with E-state index in [2.05, 4.69) is 15.5 Å². The number of anilines is 1. The van der Waals surface area contributed by atoms with Gasteiger partial charge in [0.05, 0.1) is 20.6 Å². The van der Waals surface area contributed by atoms with Crippen LogP contribution in [-0.2, 0) is 17.6 Å². The van der Waals surface area contributed by atoms with Crippen molar-refractivity contribution in [3.05, 3.63) is 88.9 Å². The molecule has 0 aliphatic rings. The number of ether oxygens (including phenoxy) is 3. The fourth-order valence-corrected chi connectivity index (χ4v) is 3.98. The molecule has 0 spiro atoms. The lowest BCUT2D eigenvalue weighted by Crippen LogP contribution is -2.14. The van der Waals surface area contributed by atoms with Gasteiger partial charge >= 0.3 is 0 Å². The van der Waals surface area contributed by atoms with Crippen LogP contribution in [0.25, 0.3) is 0 Å². The van der Waals surface area contributed by atoms with Gasteiger partial charge in [-0.05, 0) is 47.5 Å². The zero-order valence-corrected chi connectivity index (χ0v) is 19.1. The van der Waals surface area contributed by atoms with Crippen LogP contribution >= 0.6 is 11.3 Å². The molecular formula is C25H23N3O4S. The Morgan fingerprint density at radius 3 is 2.27 bits per heavy atom. The second-order valence-electron chi connectivity index (χ2n) is 7.15. The number of benzene rings is 3. The Kier molecular flexibility index (Phi) is 7.16. The van der Waals surface area contributed by atoms with E-state index in [0.29, 0.717) is 28.8 Å². The van der Waals surface area contributed by atoms with E-state index in [-0.39, 0.29) is 12.3 Å². The summed E-state index contributed by atoms with van der Waals surface area (Å²) in [6.07, 6.45) is 0.812. The van der Waals surface area contributed by atoms with E-state index in [0.717, 1.165) is 21.9 Å². The van der Waals surface area contributed by atoms with Gasteiger partial charge in [0, 0.05) is 6.42 Å². The molecule has 0 unspecified atom stereocenters. The number of nitrogens with one attached hydrogen (secondary N) is 1. The third-order valence-corrected chi connectivity index (χ3v) is 5.62. The summed E-state index contributed by atoms with van der Waals surface area (Å²) >= 11 is 1.35. The van der Waals surface area contributed by atoms with Crippen LogP contribution in [0.5, 0.6) is 23.0 Å². The fraction of sp³-hybridized carbons (Fsp3) is 0.160. The van der Waals surface area contributed by atoms with Crippen molar-refractivity contribution in [2.45, 2.75) is 12.8 Å². The van der Waals surface area contributed by atoms with Crippen molar-refractivity contribution in [3.8, 4) is 23.0 Å². The summed E-state index contributed by atoms with van der Waals surface area (Å²) in [6.45, 7) is 0. The molecule has 4 rings (SSSR count). The van der Waals surface area contributed by atoms with Gasteiger partial charge in [-0.3, -0.25) is 4.79 Å². The highest BCUT2D eigenvalue weighted by molar-refractivity contribution is 7.15. The predicted octanol–water partition coefficient (Wildman–Crippen LogP) is 5.12. The van der Waals surface area contributed by atoms with Crippen LogP contribution in [0.15, 0.2) is 72.8 Å². The highest BCUT2D eigenvalue weighted by atomic mass is 32.1. The molecule has 8 heteroatoms. The van der Waals surface area contributed by atoms with E-state index in [1.165, 1.54) is 11.3 Å². The van der Waals surface area contributed by atoms with Crippen LogP contribution in [0.4, 0.5) is 5.13 Å². The van der Waals surface area contributed by atoms with E-state index in [9.17, 15) is 4.79 Å². The lowest BCUT2D eigenvalue weighted by molar-refractivity contribution is -0.115. The van der Waals surface area contributed by atoms with Crippen LogP contribution in [-0.4, -0.2) is 30.3 Å². The average Bonchev–Trinajstić information content (AvgIpc) is 3.27. The highest BCUT2D eigenvalue weighted by Gasteiger charge is 2.11. The normalized spacial score (nSPS) is 10.5. The molecule has 0 aliphatic heterocycles. The van der Waals surface area contributed by atoms with Gasteiger partial charge in [-0.15, -0.1) is 10.2 Å². The molecule has 0 radical (unpaired) electrons. The van der Waals surface area contributed by atoms with Crippen molar-refractivity contribution in [1.82, 2.24) is 10.2 Å². The van der Waals surface area contributed by atoms with Gasteiger partial charge in [0.15, 0.2) is 11.5 Å². The number of nitrogens with zero attached hydrogens (tertiary/aromatic N) is 2. The first-order valence-corrected chi connectivity index (χ1v) is 11.1. The summed E-state index contributed by atoms with van der Waals surface area (Å²) in [5.74, 6) is 2.66. The molecule has 3 aromatic carbocycles. The lowest BCUT2D eigenvalue weighted by Gasteiger charge is -2.08. The molecule has 1 aromatic heterocycles. The van der Waals surface area contributed by atoms with Crippen molar-refractivity contribution in [2.24, 2.45) is 0 Å². The molecule has 0 saturated carbocycles. The topological polar surface area (TPSA) is 82.6 Å². The van der Waals surface area contributed by atoms with E-state index < -0.39 is 0 Å². The Bertz CT molecular complexity index is 1210. The van der Waals surface area contributed by atoms with Crippen LogP contribution in [0.3, 0.4) is 0 Å². The smallest absolute Gasteiger partial charge is 0.230 e. The predicted molar refractivity (Wildman–Crippen MR) is 128 cm³/mol. The Balaban J connectivity index is 1.31. The number of rotatable bonds is 9. The molecular weight excluding hydrogens is 438 g/mol. The van der Waals surface area contributed by atoms with Gasteiger partial charge in [-0.2, -0.15) is 0 Å². The quantitative estimate of drug-likeness (QED) is 0.373. The third-order valence-electron chi connectivity index (χ3n) is 4.78. The molecule has 1 amide bonds. The van der Waals surface area contributed by atoms with Gasteiger partial charge in [0.1, 0.15) is 16.5 Å². The first kappa shape index (κ1) is 22.3. The SMILES string of the molecule is COc1ccc(Cc2nnc(NC(=O)Cc3ccc(Oc4ccccc4)cc3)s2)cc1OC. The lowest BCUT2D eigenvalue weighted by atomic mass is 10.1. The third kappa shape index (κ3) is 6.08. The van der Waals surface area contributed by atoms with E-state index >= 15 is 0 Å². The number of aromatic nitrogens is 2. The summed E-state index contributed by atoms with van der Waals surface area (Å²) < 4.78 is 16.4.